The van der Waals surface area contributed by atoms with Crippen LogP contribution in [0.4, 0.5) is 0 Å². The van der Waals surface area contributed by atoms with Gasteiger partial charge in [0, 0.05) is 19.1 Å². The van der Waals surface area contributed by atoms with Gasteiger partial charge in [0.25, 0.3) is 0 Å². The normalized spacial score (nSPS) is 11.6. The molecule has 0 fully saturated rings. The number of thiocarbonyl (C=S) groups is 1. The van der Waals surface area contributed by atoms with E-state index in [9.17, 15) is 0 Å². The summed E-state index contributed by atoms with van der Waals surface area (Å²) in [5.74, 6) is 0.399. The first-order chi connectivity index (χ1) is 8.65. The third-order valence-electron chi connectivity index (χ3n) is 2.33. The average molecular weight is 268 g/mol. The van der Waals surface area contributed by atoms with Crippen LogP contribution in [0, 0.1) is 0 Å². The summed E-state index contributed by atoms with van der Waals surface area (Å²) in [7, 11) is 0. The van der Waals surface area contributed by atoms with E-state index in [1.807, 2.05) is 39.0 Å². The molecule has 0 aromatic heterocycles. The van der Waals surface area contributed by atoms with Crippen molar-refractivity contribution in [2.45, 2.75) is 39.9 Å². The van der Waals surface area contributed by atoms with E-state index in [0.717, 1.165) is 13.2 Å². The molecular formula is C15H24O2S. The Bertz CT molecular complexity index is 295. The molecule has 1 unspecified atom stereocenters. The van der Waals surface area contributed by atoms with Gasteiger partial charge in [-0.2, -0.15) is 0 Å². The second-order valence-corrected chi connectivity index (χ2v) is 4.09. The molecule has 0 bridgehead atoms. The lowest BCUT2D eigenvalue weighted by Gasteiger charge is -2.09. The fraction of sp³-hybridized carbons (Fsp3) is 0.533. The topological polar surface area (TPSA) is 18.5 Å². The molecule has 0 spiro atoms. The second kappa shape index (κ2) is 11.3. The Morgan fingerprint density at radius 1 is 1.06 bits per heavy atom. The van der Waals surface area contributed by atoms with Gasteiger partial charge in [-0.3, -0.25) is 0 Å². The number of hydrogen-bond donors (Lipinski definition) is 0. The van der Waals surface area contributed by atoms with Gasteiger partial charge in [0.2, 0.25) is 0 Å². The van der Waals surface area contributed by atoms with Crippen LogP contribution in [0.3, 0.4) is 0 Å². The predicted molar refractivity (Wildman–Crippen MR) is 81.2 cm³/mol. The second-order valence-electron chi connectivity index (χ2n) is 3.81. The summed E-state index contributed by atoms with van der Waals surface area (Å²) in [5.41, 5.74) is 1.29. The first kappa shape index (κ1) is 17.2. The van der Waals surface area contributed by atoms with Crippen molar-refractivity contribution < 1.29 is 9.47 Å². The summed E-state index contributed by atoms with van der Waals surface area (Å²) in [6.45, 7) is 9.35. The SMILES string of the molecule is CC(C=S)c1ccccc1.CCOC(C)OCC. The van der Waals surface area contributed by atoms with Crippen LogP contribution in [0.1, 0.15) is 39.2 Å². The molecule has 0 aliphatic heterocycles. The molecule has 0 saturated heterocycles. The number of rotatable bonds is 6. The van der Waals surface area contributed by atoms with Gasteiger partial charge in [-0.15, -0.1) is 0 Å². The van der Waals surface area contributed by atoms with E-state index < -0.39 is 0 Å². The summed E-state index contributed by atoms with van der Waals surface area (Å²) in [6.07, 6.45) is -0.0370. The largest absolute Gasteiger partial charge is 0.353 e. The third-order valence-corrected chi connectivity index (χ3v) is 2.74. The molecule has 1 aromatic rings. The van der Waals surface area contributed by atoms with E-state index in [1.54, 1.807) is 5.37 Å². The Balaban J connectivity index is 0.000000331. The summed E-state index contributed by atoms with van der Waals surface area (Å²) in [6, 6.07) is 10.3. The van der Waals surface area contributed by atoms with Gasteiger partial charge < -0.3 is 9.47 Å². The molecule has 0 saturated carbocycles. The van der Waals surface area contributed by atoms with Gasteiger partial charge in [-0.05, 0) is 31.7 Å². The number of benzene rings is 1. The first-order valence-corrected chi connectivity index (χ1v) is 6.86. The summed E-state index contributed by atoms with van der Waals surface area (Å²) < 4.78 is 10.1. The maximum Gasteiger partial charge on any atom is 0.154 e. The molecule has 1 atom stereocenters. The van der Waals surface area contributed by atoms with Crippen LogP contribution in [-0.2, 0) is 9.47 Å². The summed E-state index contributed by atoms with van der Waals surface area (Å²) >= 11 is 4.83. The zero-order valence-electron chi connectivity index (χ0n) is 11.8. The van der Waals surface area contributed by atoms with Crippen LogP contribution in [-0.4, -0.2) is 24.9 Å². The molecule has 102 valence electrons. The van der Waals surface area contributed by atoms with Crippen molar-refractivity contribution in [2.75, 3.05) is 13.2 Å². The van der Waals surface area contributed by atoms with Crippen LogP contribution < -0.4 is 0 Å². The first-order valence-electron chi connectivity index (χ1n) is 6.39. The zero-order valence-corrected chi connectivity index (χ0v) is 12.6. The Kier molecular flexibility index (Phi) is 10.8. The van der Waals surface area contributed by atoms with Gasteiger partial charge in [0.1, 0.15) is 0 Å². The summed E-state index contributed by atoms with van der Waals surface area (Å²) in [4.78, 5) is 0. The van der Waals surface area contributed by atoms with Gasteiger partial charge in [-0.25, -0.2) is 0 Å². The van der Waals surface area contributed by atoms with Gasteiger partial charge in [-0.1, -0.05) is 49.5 Å². The average Bonchev–Trinajstić information content (AvgIpc) is 2.40. The Morgan fingerprint density at radius 3 is 1.94 bits per heavy atom. The highest BCUT2D eigenvalue weighted by Gasteiger charge is 1.97. The fourth-order valence-electron chi connectivity index (χ4n) is 1.35. The third kappa shape index (κ3) is 8.34. The lowest BCUT2D eigenvalue weighted by Crippen LogP contribution is -2.11. The fourth-order valence-corrected chi connectivity index (χ4v) is 1.51. The molecule has 1 rings (SSSR count). The predicted octanol–water partition coefficient (Wildman–Crippen LogP) is 4.20. The highest BCUT2D eigenvalue weighted by Crippen LogP contribution is 2.11. The minimum Gasteiger partial charge on any atom is -0.353 e. The Hall–Kier alpha value is -0.770. The van der Waals surface area contributed by atoms with Crippen molar-refractivity contribution in [3.05, 3.63) is 35.9 Å². The lowest BCUT2D eigenvalue weighted by atomic mass is 10.0. The highest BCUT2D eigenvalue weighted by molar-refractivity contribution is 7.79. The highest BCUT2D eigenvalue weighted by atomic mass is 32.1. The van der Waals surface area contributed by atoms with Gasteiger partial charge in [0.05, 0.1) is 0 Å². The molecule has 0 N–H and O–H groups in total. The van der Waals surface area contributed by atoms with E-state index in [0.29, 0.717) is 5.92 Å². The smallest absolute Gasteiger partial charge is 0.154 e. The van der Waals surface area contributed by atoms with Crippen LogP contribution >= 0.6 is 12.2 Å². The Morgan fingerprint density at radius 2 is 1.56 bits per heavy atom. The number of hydrogen-bond acceptors (Lipinski definition) is 3. The maximum absolute atomic E-state index is 5.06. The molecule has 3 heteroatoms. The minimum atomic E-state index is -0.0370. The molecule has 1 aromatic carbocycles. The van der Waals surface area contributed by atoms with E-state index in [2.05, 4.69) is 19.1 Å². The molecule has 0 amide bonds. The molecular weight excluding hydrogens is 244 g/mol. The quantitative estimate of drug-likeness (QED) is 0.569. The van der Waals surface area contributed by atoms with E-state index in [-0.39, 0.29) is 6.29 Å². The Labute approximate surface area is 116 Å². The van der Waals surface area contributed by atoms with E-state index in [4.69, 9.17) is 21.7 Å². The maximum atomic E-state index is 5.06. The van der Waals surface area contributed by atoms with Crippen LogP contribution in [0.2, 0.25) is 0 Å². The van der Waals surface area contributed by atoms with Crippen molar-refractivity contribution in [2.24, 2.45) is 0 Å². The van der Waals surface area contributed by atoms with Crippen molar-refractivity contribution in [3.8, 4) is 0 Å². The molecule has 18 heavy (non-hydrogen) atoms. The van der Waals surface area contributed by atoms with E-state index >= 15 is 0 Å². The van der Waals surface area contributed by atoms with Crippen LogP contribution in [0.5, 0.6) is 0 Å². The standard InChI is InChI=1S/C9H10S.C6H14O2/c1-8(7-10)9-5-3-2-4-6-9;1-4-7-6(3)8-5-2/h2-8H,1H3;6H,4-5H2,1-3H3. The minimum absolute atomic E-state index is 0.0370. The monoisotopic (exact) mass is 268 g/mol. The van der Waals surface area contributed by atoms with Crippen molar-refractivity contribution in [1.82, 2.24) is 0 Å². The van der Waals surface area contributed by atoms with Crippen molar-refractivity contribution in [3.63, 3.8) is 0 Å². The molecule has 0 heterocycles. The zero-order chi connectivity index (χ0) is 13.8. The van der Waals surface area contributed by atoms with Gasteiger partial charge >= 0.3 is 0 Å². The summed E-state index contributed by atoms with van der Waals surface area (Å²) in [5, 5.41) is 1.79. The molecule has 0 aliphatic rings. The van der Waals surface area contributed by atoms with E-state index in [1.165, 1.54) is 5.56 Å². The van der Waals surface area contributed by atoms with Crippen molar-refractivity contribution >= 4 is 17.6 Å². The van der Waals surface area contributed by atoms with Crippen LogP contribution in [0.15, 0.2) is 30.3 Å². The molecule has 0 aliphatic carbocycles. The lowest BCUT2D eigenvalue weighted by molar-refractivity contribution is -0.123. The molecule has 2 nitrogen and oxygen atoms in total. The van der Waals surface area contributed by atoms with Crippen LogP contribution in [0.25, 0.3) is 0 Å². The van der Waals surface area contributed by atoms with Crippen molar-refractivity contribution in [1.29, 1.82) is 0 Å². The number of ether oxygens (including phenoxy) is 2. The molecule has 0 radical (unpaired) electrons. The van der Waals surface area contributed by atoms with Gasteiger partial charge in [0.15, 0.2) is 6.29 Å².